The molecule has 1 aromatic heterocycles. The van der Waals surface area contributed by atoms with Gasteiger partial charge in [-0.2, -0.15) is 5.10 Å². The number of aromatic amines is 1. The first-order valence-electron chi connectivity index (χ1n) is 9.89. The zero-order chi connectivity index (χ0) is 19.7. The minimum absolute atomic E-state index is 0.0577. The molecule has 28 heavy (non-hydrogen) atoms. The molecule has 1 amide bonds. The molecule has 1 fully saturated rings. The van der Waals surface area contributed by atoms with Gasteiger partial charge in [-0.15, -0.1) is 0 Å². The van der Waals surface area contributed by atoms with Crippen molar-refractivity contribution in [3.63, 3.8) is 0 Å². The van der Waals surface area contributed by atoms with E-state index in [0.717, 1.165) is 47.6 Å². The van der Waals surface area contributed by atoms with Crippen LogP contribution in [0.1, 0.15) is 55.8 Å². The second-order valence-electron chi connectivity index (χ2n) is 8.05. The maximum atomic E-state index is 11.8. The van der Waals surface area contributed by atoms with Gasteiger partial charge in [-0.1, -0.05) is 6.07 Å². The molecular weight excluding hydrogens is 356 g/mol. The van der Waals surface area contributed by atoms with Crippen LogP contribution in [0.4, 0.5) is 16.3 Å². The number of nitrogens with one attached hydrogen (secondary N) is 3. The molecular formula is C21H26N4O3. The van der Waals surface area contributed by atoms with Crippen LogP contribution in [0.25, 0.3) is 0 Å². The monoisotopic (exact) mass is 382 g/mol. The normalized spacial score (nSPS) is 21.0. The van der Waals surface area contributed by atoms with Gasteiger partial charge in [-0.05, 0) is 56.4 Å². The van der Waals surface area contributed by atoms with Crippen LogP contribution in [0.5, 0.6) is 0 Å². The summed E-state index contributed by atoms with van der Waals surface area (Å²) in [6.45, 7) is 3.83. The van der Waals surface area contributed by atoms with Gasteiger partial charge in [0.25, 0.3) is 0 Å². The van der Waals surface area contributed by atoms with Crippen LogP contribution in [0.2, 0.25) is 0 Å². The summed E-state index contributed by atoms with van der Waals surface area (Å²) in [5.74, 6) is 1.33. The number of H-pyrrole nitrogens is 1. The fraction of sp³-hybridized carbons (Fsp3) is 0.476. The van der Waals surface area contributed by atoms with Crippen LogP contribution in [0.3, 0.4) is 0 Å². The standard InChI is InChI=1S/C21H26N4O3/c1-12(2)22-21(27)28-18-6-4-14(10-18)19-11-20(25-24-19)23-16-5-3-13-8-17(26)9-15(13)7-16/h3,5,7,11-12,14,18H,4,6,8-10H2,1-2H3,(H,22,27)(H2,23,24,25)/t14-,18+/m0/s1. The largest absolute Gasteiger partial charge is 0.446 e. The van der Waals surface area contributed by atoms with E-state index in [1.165, 1.54) is 0 Å². The van der Waals surface area contributed by atoms with Gasteiger partial charge in [-0.25, -0.2) is 4.79 Å². The number of amides is 1. The summed E-state index contributed by atoms with van der Waals surface area (Å²) in [5, 5.41) is 13.5. The third-order valence-corrected chi connectivity index (χ3v) is 5.36. The number of carbonyl (C=O) groups is 2. The highest BCUT2D eigenvalue weighted by Gasteiger charge is 2.30. The summed E-state index contributed by atoms with van der Waals surface area (Å²) in [6.07, 6.45) is 3.28. The Labute approximate surface area is 164 Å². The van der Waals surface area contributed by atoms with E-state index < -0.39 is 0 Å². The fourth-order valence-corrected chi connectivity index (χ4v) is 4.04. The van der Waals surface area contributed by atoms with Crippen molar-refractivity contribution >= 4 is 23.4 Å². The lowest BCUT2D eigenvalue weighted by Gasteiger charge is -2.14. The fourth-order valence-electron chi connectivity index (χ4n) is 4.04. The number of alkyl carbamates (subject to hydrolysis) is 1. The molecule has 2 aliphatic rings. The van der Waals surface area contributed by atoms with Gasteiger partial charge in [0, 0.05) is 42.2 Å². The molecule has 3 N–H and O–H groups in total. The minimum Gasteiger partial charge on any atom is -0.446 e. The predicted octanol–water partition coefficient (Wildman–Crippen LogP) is 3.59. The molecule has 2 aromatic rings. The molecule has 0 radical (unpaired) electrons. The van der Waals surface area contributed by atoms with Crippen LogP contribution in [-0.2, 0) is 22.4 Å². The molecule has 1 heterocycles. The summed E-state index contributed by atoms with van der Waals surface area (Å²) >= 11 is 0. The summed E-state index contributed by atoms with van der Waals surface area (Å²) < 4.78 is 5.50. The number of ketones is 1. The van der Waals surface area contributed by atoms with Gasteiger partial charge >= 0.3 is 6.09 Å². The molecule has 1 saturated carbocycles. The molecule has 1 aromatic carbocycles. The lowest BCUT2D eigenvalue weighted by Crippen LogP contribution is -2.33. The number of hydrogen-bond donors (Lipinski definition) is 3. The molecule has 7 nitrogen and oxygen atoms in total. The summed E-state index contributed by atoms with van der Waals surface area (Å²) in [7, 11) is 0. The van der Waals surface area contributed by atoms with Gasteiger partial charge in [0.1, 0.15) is 11.9 Å². The summed E-state index contributed by atoms with van der Waals surface area (Å²) in [4.78, 5) is 23.4. The number of ether oxygens (including phenoxy) is 1. The van der Waals surface area contributed by atoms with E-state index in [1.807, 2.05) is 38.1 Å². The number of nitrogens with zero attached hydrogens (tertiary/aromatic N) is 1. The number of fused-ring (bicyclic) bond motifs is 1. The van der Waals surface area contributed by atoms with Crippen molar-refractivity contribution in [2.24, 2.45) is 0 Å². The number of carbonyl (C=O) groups excluding carboxylic acids is 2. The number of benzene rings is 1. The molecule has 148 valence electrons. The van der Waals surface area contributed by atoms with Gasteiger partial charge < -0.3 is 15.4 Å². The molecule has 2 atom stereocenters. The first-order chi connectivity index (χ1) is 13.5. The Hall–Kier alpha value is -2.83. The Morgan fingerprint density at radius 3 is 2.86 bits per heavy atom. The van der Waals surface area contributed by atoms with E-state index in [4.69, 9.17) is 4.74 Å². The van der Waals surface area contributed by atoms with E-state index in [9.17, 15) is 9.59 Å². The van der Waals surface area contributed by atoms with Crippen molar-refractivity contribution < 1.29 is 14.3 Å². The molecule has 2 aliphatic carbocycles. The summed E-state index contributed by atoms with van der Waals surface area (Å²) in [6, 6.07) is 8.11. The molecule has 0 saturated heterocycles. The van der Waals surface area contributed by atoms with Crippen molar-refractivity contribution in [1.29, 1.82) is 0 Å². The maximum Gasteiger partial charge on any atom is 0.407 e. The lowest BCUT2D eigenvalue weighted by molar-refractivity contribution is -0.117. The average molecular weight is 382 g/mol. The van der Waals surface area contributed by atoms with Crippen LogP contribution in [-0.4, -0.2) is 34.2 Å². The average Bonchev–Trinajstić information content (AvgIpc) is 3.32. The van der Waals surface area contributed by atoms with E-state index in [1.54, 1.807) is 0 Å². The van der Waals surface area contributed by atoms with Gasteiger partial charge in [0.2, 0.25) is 0 Å². The highest BCUT2D eigenvalue weighted by atomic mass is 16.6. The Kier molecular flexibility index (Phi) is 5.07. The lowest BCUT2D eigenvalue weighted by atomic mass is 10.0. The number of rotatable bonds is 5. The number of hydrogen-bond acceptors (Lipinski definition) is 5. The predicted molar refractivity (Wildman–Crippen MR) is 106 cm³/mol. The smallest absolute Gasteiger partial charge is 0.407 e. The molecule has 7 heteroatoms. The molecule has 0 unspecified atom stereocenters. The SMILES string of the molecule is CC(C)NC(=O)O[C@@H]1CC[C@H](c2cc(Nc3ccc4c(c3)CC(=O)C4)n[nH]2)C1. The maximum absolute atomic E-state index is 11.8. The first kappa shape index (κ1) is 18.5. The zero-order valence-corrected chi connectivity index (χ0v) is 16.2. The Morgan fingerprint density at radius 1 is 1.21 bits per heavy atom. The third-order valence-electron chi connectivity index (χ3n) is 5.36. The van der Waals surface area contributed by atoms with E-state index in [2.05, 4.69) is 20.8 Å². The second kappa shape index (κ2) is 7.66. The number of aromatic nitrogens is 2. The zero-order valence-electron chi connectivity index (χ0n) is 16.2. The van der Waals surface area contributed by atoms with E-state index >= 15 is 0 Å². The first-order valence-corrected chi connectivity index (χ1v) is 9.89. The quantitative estimate of drug-likeness (QED) is 0.734. The Bertz CT molecular complexity index is 890. The number of anilines is 2. The van der Waals surface area contributed by atoms with E-state index in [0.29, 0.717) is 18.8 Å². The van der Waals surface area contributed by atoms with Crippen LogP contribution in [0.15, 0.2) is 24.3 Å². The number of Topliss-reactive ketones (excluding diaryl/α,β-unsaturated/α-hetero) is 1. The topological polar surface area (TPSA) is 96.1 Å². The second-order valence-corrected chi connectivity index (χ2v) is 8.05. The van der Waals surface area contributed by atoms with Gasteiger partial charge in [-0.3, -0.25) is 9.89 Å². The van der Waals surface area contributed by atoms with Crippen LogP contribution in [0, 0.1) is 0 Å². The van der Waals surface area contributed by atoms with Crippen LogP contribution < -0.4 is 10.6 Å². The van der Waals surface area contributed by atoms with Crippen molar-refractivity contribution in [2.75, 3.05) is 5.32 Å². The minimum atomic E-state index is -0.345. The van der Waals surface area contributed by atoms with Crippen molar-refractivity contribution in [3.8, 4) is 0 Å². The molecule has 0 aliphatic heterocycles. The van der Waals surface area contributed by atoms with Crippen molar-refractivity contribution in [1.82, 2.24) is 15.5 Å². The highest BCUT2D eigenvalue weighted by Crippen LogP contribution is 2.36. The molecule has 0 spiro atoms. The van der Waals surface area contributed by atoms with E-state index in [-0.39, 0.29) is 24.0 Å². The summed E-state index contributed by atoms with van der Waals surface area (Å²) in [5.41, 5.74) is 4.21. The van der Waals surface area contributed by atoms with Gasteiger partial charge in [0.15, 0.2) is 5.82 Å². The Morgan fingerprint density at radius 2 is 2.04 bits per heavy atom. The molecule has 0 bridgehead atoms. The van der Waals surface area contributed by atoms with Crippen molar-refractivity contribution in [3.05, 3.63) is 41.1 Å². The van der Waals surface area contributed by atoms with Crippen LogP contribution >= 0.6 is 0 Å². The highest BCUT2D eigenvalue weighted by molar-refractivity contribution is 5.88. The van der Waals surface area contributed by atoms with Crippen molar-refractivity contribution in [2.45, 2.75) is 64.0 Å². The van der Waals surface area contributed by atoms with Gasteiger partial charge in [0.05, 0.1) is 0 Å². The third kappa shape index (κ3) is 4.18. The Balaban J connectivity index is 1.34. The molecule has 4 rings (SSSR count).